The minimum absolute atomic E-state index is 0.0257. The Morgan fingerprint density at radius 3 is 2.55 bits per heavy atom. The zero-order valence-electron chi connectivity index (χ0n) is 13.5. The van der Waals surface area contributed by atoms with Gasteiger partial charge in [-0.2, -0.15) is 0 Å². The lowest BCUT2D eigenvalue weighted by Gasteiger charge is -2.36. The second-order valence-corrected chi connectivity index (χ2v) is 6.30. The van der Waals surface area contributed by atoms with Gasteiger partial charge in [-0.25, -0.2) is 0 Å². The van der Waals surface area contributed by atoms with Gasteiger partial charge in [0.25, 0.3) is 5.91 Å². The van der Waals surface area contributed by atoms with Crippen LogP contribution in [-0.4, -0.2) is 29.6 Å². The molecule has 1 aromatic rings. The van der Waals surface area contributed by atoms with Crippen LogP contribution in [0.2, 0.25) is 0 Å². The molecule has 0 spiro atoms. The Labute approximate surface area is 130 Å². The van der Waals surface area contributed by atoms with E-state index in [1.807, 2.05) is 32.0 Å². The van der Waals surface area contributed by atoms with Gasteiger partial charge in [0.15, 0.2) is 6.10 Å². The van der Waals surface area contributed by atoms with Crippen LogP contribution in [0, 0.1) is 5.92 Å². The SMILES string of the molecule is CC(C)c1ccc2c(c1)N(CCC(=O)O)C(=O)C(C(C)C)O2. The van der Waals surface area contributed by atoms with Crippen LogP contribution in [0.4, 0.5) is 5.69 Å². The van der Waals surface area contributed by atoms with Gasteiger partial charge in [0.05, 0.1) is 12.1 Å². The van der Waals surface area contributed by atoms with Gasteiger partial charge in [-0.05, 0) is 29.5 Å². The Kier molecular flexibility index (Phi) is 4.74. The number of hydrogen-bond acceptors (Lipinski definition) is 3. The van der Waals surface area contributed by atoms with Gasteiger partial charge in [-0.15, -0.1) is 0 Å². The van der Waals surface area contributed by atoms with E-state index in [0.717, 1.165) is 5.56 Å². The van der Waals surface area contributed by atoms with Crippen molar-refractivity contribution in [3.05, 3.63) is 23.8 Å². The molecule has 1 aliphatic rings. The van der Waals surface area contributed by atoms with E-state index in [2.05, 4.69) is 13.8 Å². The van der Waals surface area contributed by atoms with E-state index in [4.69, 9.17) is 9.84 Å². The Bertz CT molecular complexity index is 580. The molecule has 5 nitrogen and oxygen atoms in total. The second kappa shape index (κ2) is 6.38. The number of anilines is 1. The van der Waals surface area contributed by atoms with E-state index in [1.165, 1.54) is 0 Å². The molecule has 1 atom stereocenters. The summed E-state index contributed by atoms with van der Waals surface area (Å²) in [6, 6.07) is 5.79. The first-order chi connectivity index (χ1) is 10.3. The van der Waals surface area contributed by atoms with Gasteiger partial charge in [-0.1, -0.05) is 33.8 Å². The fraction of sp³-hybridized carbons (Fsp3) is 0.529. The smallest absolute Gasteiger partial charge is 0.305 e. The molecule has 5 heteroatoms. The number of carboxylic acids is 1. The number of carboxylic acid groups (broad SMARTS) is 1. The van der Waals surface area contributed by atoms with Crippen molar-refractivity contribution in [3.63, 3.8) is 0 Å². The highest BCUT2D eigenvalue weighted by molar-refractivity contribution is 6.00. The Hall–Kier alpha value is -2.04. The number of aliphatic carboxylic acids is 1. The number of fused-ring (bicyclic) bond motifs is 1. The minimum Gasteiger partial charge on any atom is -0.481 e. The first kappa shape index (κ1) is 16.3. The lowest BCUT2D eigenvalue weighted by molar-refractivity contribution is -0.136. The lowest BCUT2D eigenvalue weighted by Crippen LogP contribution is -2.49. The van der Waals surface area contributed by atoms with Crippen LogP contribution in [0.5, 0.6) is 5.75 Å². The Morgan fingerprint density at radius 2 is 2.00 bits per heavy atom. The van der Waals surface area contributed by atoms with Crippen LogP contribution in [0.25, 0.3) is 0 Å². The van der Waals surface area contributed by atoms with Gasteiger partial charge >= 0.3 is 5.97 Å². The molecule has 1 heterocycles. The summed E-state index contributed by atoms with van der Waals surface area (Å²) in [5.74, 6) is -0.0815. The number of carbonyl (C=O) groups excluding carboxylic acids is 1. The fourth-order valence-electron chi connectivity index (χ4n) is 2.52. The van der Waals surface area contributed by atoms with E-state index in [9.17, 15) is 9.59 Å². The molecule has 1 amide bonds. The molecule has 0 fully saturated rings. The third-order valence-electron chi connectivity index (χ3n) is 3.86. The molecular formula is C17H23NO4. The predicted octanol–water partition coefficient (Wildman–Crippen LogP) is 3.03. The molecule has 0 saturated heterocycles. The van der Waals surface area contributed by atoms with Gasteiger partial charge in [0.2, 0.25) is 0 Å². The van der Waals surface area contributed by atoms with Crippen molar-refractivity contribution in [3.8, 4) is 5.75 Å². The summed E-state index contributed by atoms with van der Waals surface area (Å²) in [7, 11) is 0. The number of ether oxygens (including phenoxy) is 1. The summed E-state index contributed by atoms with van der Waals surface area (Å²) in [6.45, 7) is 8.16. The third kappa shape index (κ3) is 3.24. The number of nitrogens with zero attached hydrogens (tertiary/aromatic N) is 1. The van der Waals surface area contributed by atoms with Gasteiger partial charge in [-0.3, -0.25) is 9.59 Å². The predicted molar refractivity (Wildman–Crippen MR) is 84.4 cm³/mol. The molecule has 0 radical (unpaired) electrons. The fourth-order valence-corrected chi connectivity index (χ4v) is 2.52. The molecular weight excluding hydrogens is 282 g/mol. The number of benzene rings is 1. The molecule has 0 saturated carbocycles. The van der Waals surface area contributed by atoms with Crippen molar-refractivity contribution in [2.24, 2.45) is 5.92 Å². The van der Waals surface area contributed by atoms with Gasteiger partial charge < -0.3 is 14.7 Å². The quantitative estimate of drug-likeness (QED) is 0.908. The molecule has 120 valence electrons. The summed E-state index contributed by atoms with van der Waals surface area (Å²) in [4.78, 5) is 25.1. The minimum atomic E-state index is -0.915. The number of amides is 1. The first-order valence-corrected chi connectivity index (χ1v) is 7.65. The summed E-state index contributed by atoms with van der Waals surface area (Å²) in [5, 5.41) is 8.93. The lowest BCUT2D eigenvalue weighted by atomic mass is 9.99. The maximum atomic E-state index is 12.6. The van der Waals surface area contributed by atoms with Crippen LogP contribution in [0.3, 0.4) is 0 Å². The van der Waals surface area contributed by atoms with Crippen molar-refractivity contribution in [2.75, 3.05) is 11.4 Å². The maximum Gasteiger partial charge on any atom is 0.305 e. The monoisotopic (exact) mass is 305 g/mol. The van der Waals surface area contributed by atoms with Crippen LogP contribution in [0.15, 0.2) is 18.2 Å². The number of rotatable bonds is 5. The topological polar surface area (TPSA) is 66.8 Å². The Balaban J connectivity index is 2.42. The van der Waals surface area contributed by atoms with Crippen LogP contribution in [-0.2, 0) is 9.59 Å². The highest BCUT2D eigenvalue weighted by atomic mass is 16.5. The number of hydrogen-bond donors (Lipinski definition) is 1. The average Bonchev–Trinajstić information content (AvgIpc) is 2.44. The summed E-state index contributed by atoms with van der Waals surface area (Å²) in [5.41, 5.74) is 1.77. The first-order valence-electron chi connectivity index (χ1n) is 7.65. The zero-order chi connectivity index (χ0) is 16.4. The molecule has 0 bridgehead atoms. The largest absolute Gasteiger partial charge is 0.481 e. The zero-order valence-corrected chi connectivity index (χ0v) is 13.5. The highest BCUT2D eigenvalue weighted by Gasteiger charge is 2.36. The van der Waals surface area contributed by atoms with Crippen molar-refractivity contribution in [2.45, 2.75) is 46.1 Å². The molecule has 2 rings (SSSR count). The van der Waals surface area contributed by atoms with Crippen molar-refractivity contribution >= 4 is 17.6 Å². The molecule has 22 heavy (non-hydrogen) atoms. The van der Waals surface area contributed by atoms with Gasteiger partial charge in [0, 0.05) is 6.54 Å². The summed E-state index contributed by atoms with van der Waals surface area (Å²) >= 11 is 0. The van der Waals surface area contributed by atoms with E-state index >= 15 is 0 Å². The van der Waals surface area contributed by atoms with Crippen LogP contribution >= 0.6 is 0 Å². The maximum absolute atomic E-state index is 12.6. The Morgan fingerprint density at radius 1 is 1.32 bits per heavy atom. The molecule has 1 unspecified atom stereocenters. The molecule has 1 N–H and O–H groups in total. The van der Waals surface area contributed by atoms with Crippen LogP contribution < -0.4 is 9.64 Å². The second-order valence-electron chi connectivity index (χ2n) is 6.30. The third-order valence-corrected chi connectivity index (χ3v) is 3.86. The van der Waals surface area contributed by atoms with Crippen LogP contribution in [0.1, 0.15) is 45.6 Å². The van der Waals surface area contributed by atoms with Crippen molar-refractivity contribution < 1.29 is 19.4 Å². The molecule has 1 aliphatic heterocycles. The standard InChI is InChI=1S/C17H23NO4/c1-10(2)12-5-6-14-13(9-12)18(8-7-15(19)20)17(21)16(22-14)11(3)4/h5-6,9-11,16H,7-8H2,1-4H3,(H,19,20). The highest BCUT2D eigenvalue weighted by Crippen LogP contribution is 2.37. The van der Waals surface area contributed by atoms with E-state index in [1.54, 1.807) is 4.90 Å². The van der Waals surface area contributed by atoms with E-state index in [-0.39, 0.29) is 24.8 Å². The molecule has 0 aromatic heterocycles. The summed E-state index contributed by atoms with van der Waals surface area (Å²) < 4.78 is 5.84. The number of carbonyl (C=O) groups is 2. The molecule has 0 aliphatic carbocycles. The van der Waals surface area contributed by atoms with Crippen molar-refractivity contribution in [1.29, 1.82) is 0 Å². The van der Waals surface area contributed by atoms with Crippen molar-refractivity contribution in [1.82, 2.24) is 0 Å². The molecule has 1 aromatic carbocycles. The van der Waals surface area contributed by atoms with E-state index in [0.29, 0.717) is 17.4 Å². The van der Waals surface area contributed by atoms with Gasteiger partial charge in [0.1, 0.15) is 5.75 Å². The summed E-state index contributed by atoms with van der Waals surface area (Å²) in [6.07, 6.45) is -0.645. The average molecular weight is 305 g/mol. The normalized spacial score (nSPS) is 17.6. The van der Waals surface area contributed by atoms with E-state index < -0.39 is 12.1 Å².